The number of allylic oxidation sites excluding steroid dienone is 1. The van der Waals surface area contributed by atoms with Gasteiger partial charge < -0.3 is 5.32 Å². The third-order valence-electron chi connectivity index (χ3n) is 0.751. The van der Waals surface area contributed by atoms with Gasteiger partial charge in [-0.15, -0.1) is 0 Å². The predicted molar refractivity (Wildman–Crippen MR) is 44.8 cm³/mol. The van der Waals surface area contributed by atoms with E-state index in [0.29, 0.717) is 0 Å². The Morgan fingerprint density at radius 3 is 2.30 bits per heavy atom. The third kappa shape index (κ3) is 10.2. The molecule has 0 radical (unpaired) electrons. The van der Waals surface area contributed by atoms with E-state index < -0.39 is 0 Å². The van der Waals surface area contributed by atoms with Crippen LogP contribution in [0, 0.1) is 0 Å². The fraction of sp³-hybridized carbons (Fsp3) is 0.625. The van der Waals surface area contributed by atoms with Crippen LogP contribution in [-0.4, -0.2) is 13.0 Å². The topological polar surface area (TPSA) is 29.1 Å². The molecule has 0 aliphatic carbocycles. The van der Waals surface area contributed by atoms with Gasteiger partial charge in [0.25, 0.3) is 0 Å². The Morgan fingerprint density at radius 1 is 1.50 bits per heavy atom. The molecule has 2 nitrogen and oxygen atoms in total. The first-order valence-electron chi connectivity index (χ1n) is 3.69. The molecule has 60 valence electrons. The number of carbonyl (C=O) groups excluding carboxylic acids is 1. The lowest BCUT2D eigenvalue weighted by atomic mass is 10.4. The smallest absolute Gasteiger partial charge is 0.243 e. The number of amides is 1. The van der Waals surface area contributed by atoms with E-state index in [1.165, 1.54) is 6.08 Å². The molecule has 0 aliphatic heterocycles. The molecule has 0 saturated carbocycles. The second-order valence-corrected chi connectivity index (χ2v) is 1.42. The van der Waals surface area contributed by atoms with Crippen LogP contribution in [-0.2, 0) is 4.79 Å². The Kier molecular flexibility index (Phi) is 13.2. The first-order chi connectivity index (χ1) is 4.81. The maximum Gasteiger partial charge on any atom is 0.243 e. The van der Waals surface area contributed by atoms with E-state index in [1.807, 2.05) is 26.8 Å². The summed E-state index contributed by atoms with van der Waals surface area (Å²) in [5.41, 5.74) is 0. The van der Waals surface area contributed by atoms with Crippen molar-refractivity contribution in [3.05, 3.63) is 12.2 Å². The Labute approximate surface area is 63.3 Å². The first kappa shape index (κ1) is 11.9. The number of likely N-dealkylation sites (N-methyl/N-ethyl adjacent to an activating group) is 1. The zero-order valence-corrected chi connectivity index (χ0v) is 7.27. The molecule has 0 unspecified atom stereocenters. The molecule has 1 N–H and O–H groups in total. The van der Waals surface area contributed by atoms with Gasteiger partial charge in [0.15, 0.2) is 0 Å². The summed E-state index contributed by atoms with van der Waals surface area (Å²) in [5.74, 6) is -0.0353. The van der Waals surface area contributed by atoms with Gasteiger partial charge in [0.1, 0.15) is 0 Å². The second-order valence-electron chi connectivity index (χ2n) is 1.42. The Hall–Kier alpha value is -0.790. The van der Waals surface area contributed by atoms with Crippen LogP contribution in [0.3, 0.4) is 0 Å². The minimum atomic E-state index is -0.0353. The average molecular weight is 143 g/mol. The fourth-order valence-corrected chi connectivity index (χ4v) is 0.308. The maximum atomic E-state index is 10.4. The van der Waals surface area contributed by atoms with E-state index in [0.717, 1.165) is 6.42 Å². The molecule has 0 heterocycles. The van der Waals surface area contributed by atoms with Gasteiger partial charge in [0.05, 0.1) is 0 Å². The van der Waals surface area contributed by atoms with Crippen LogP contribution in [0.2, 0.25) is 0 Å². The number of carbonyl (C=O) groups is 1. The quantitative estimate of drug-likeness (QED) is 0.586. The molecule has 0 rings (SSSR count). The monoisotopic (exact) mass is 143 g/mol. The van der Waals surface area contributed by atoms with E-state index in [2.05, 4.69) is 5.32 Å². The predicted octanol–water partition coefficient (Wildman–Crippen LogP) is 1.72. The highest BCUT2D eigenvalue weighted by Crippen LogP contribution is 1.77. The third-order valence-corrected chi connectivity index (χ3v) is 0.751. The largest absolute Gasteiger partial charge is 0.356 e. The number of rotatable bonds is 2. The lowest BCUT2D eigenvalue weighted by Crippen LogP contribution is -2.13. The number of hydrogen-bond donors (Lipinski definition) is 1. The van der Waals surface area contributed by atoms with Crippen LogP contribution in [0.1, 0.15) is 27.2 Å². The minimum Gasteiger partial charge on any atom is -0.356 e. The molecule has 2 heteroatoms. The molecule has 10 heavy (non-hydrogen) atoms. The summed E-state index contributed by atoms with van der Waals surface area (Å²) in [6, 6.07) is 0. The second kappa shape index (κ2) is 11.1. The van der Waals surface area contributed by atoms with Gasteiger partial charge >= 0.3 is 0 Å². The van der Waals surface area contributed by atoms with Crippen LogP contribution < -0.4 is 5.32 Å². The van der Waals surface area contributed by atoms with Crippen molar-refractivity contribution in [1.82, 2.24) is 5.32 Å². The SMILES string of the molecule is CC.CC/C=C\C(=O)NC. The lowest BCUT2D eigenvalue weighted by Gasteiger charge is -1.85. The van der Waals surface area contributed by atoms with E-state index >= 15 is 0 Å². The summed E-state index contributed by atoms with van der Waals surface area (Å²) < 4.78 is 0. The Bertz CT molecular complexity index is 97.4. The van der Waals surface area contributed by atoms with Crippen molar-refractivity contribution in [2.24, 2.45) is 0 Å². The van der Waals surface area contributed by atoms with Gasteiger partial charge in [-0.25, -0.2) is 0 Å². The maximum absolute atomic E-state index is 10.4. The van der Waals surface area contributed by atoms with Crippen molar-refractivity contribution in [2.45, 2.75) is 27.2 Å². The lowest BCUT2D eigenvalue weighted by molar-refractivity contribution is -0.116. The van der Waals surface area contributed by atoms with E-state index in [-0.39, 0.29) is 5.91 Å². The molecule has 0 aromatic carbocycles. The molecule has 0 fully saturated rings. The Balaban J connectivity index is 0. The van der Waals surface area contributed by atoms with Crippen molar-refractivity contribution < 1.29 is 4.79 Å². The van der Waals surface area contributed by atoms with Crippen LogP contribution in [0.5, 0.6) is 0 Å². The van der Waals surface area contributed by atoms with E-state index in [4.69, 9.17) is 0 Å². The van der Waals surface area contributed by atoms with E-state index in [1.54, 1.807) is 7.05 Å². The molecule has 1 amide bonds. The van der Waals surface area contributed by atoms with Crippen LogP contribution in [0.25, 0.3) is 0 Å². The number of hydrogen-bond acceptors (Lipinski definition) is 1. The first-order valence-corrected chi connectivity index (χ1v) is 3.69. The van der Waals surface area contributed by atoms with Gasteiger partial charge in [0, 0.05) is 7.05 Å². The molecule has 0 atom stereocenters. The summed E-state index contributed by atoms with van der Waals surface area (Å²) in [5, 5.41) is 2.47. The minimum absolute atomic E-state index is 0.0353. The molecule has 0 bridgehead atoms. The van der Waals surface area contributed by atoms with Gasteiger partial charge in [-0.2, -0.15) is 0 Å². The van der Waals surface area contributed by atoms with Crippen molar-refractivity contribution in [3.63, 3.8) is 0 Å². The van der Waals surface area contributed by atoms with Crippen molar-refractivity contribution in [1.29, 1.82) is 0 Å². The molecular weight excluding hydrogens is 126 g/mol. The summed E-state index contributed by atoms with van der Waals surface area (Å²) in [4.78, 5) is 10.4. The summed E-state index contributed by atoms with van der Waals surface area (Å²) >= 11 is 0. The van der Waals surface area contributed by atoms with Crippen molar-refractivity contribution >= 4 is 5.91 Å². The van der Waals surface area contributed by atoms with Crippen molar-refractivity contribution in [3.8, 4) is 0 Å². The highest BCUT2D eigenvalue weighted by Gasteiger charge is 1.82. The van der Waals surface area contributed by atoms with Crippen LogP contribution in [0.4, 0.5) is 0 Å². The molecular formula is C8H17NO. The standard InChI is InChI=1S/C6H11NO.C2H6/c1-3-4-5-6(8)7-2;1-2/h4-5H,3H2,1-2H3,(H,7,8);1-2H3/b5-4-;. The summed E-state index contributed by atoms with van der Waals surface area (Å²) in [6.07, 6.45) is 4.26. The summed E-state index contributed by atoms with van der Waals surface area (Å²) in [6.45, 7) is 5.99. The van der Waals surface area contributed by atoms with Gasteiger partial charge in [-0.3, -0.25) is 4.79 Å². The van der Waals surface area contributed by atoms with Gasteiger partial charge in [-0.05, 0) is 12.5 Å². The highest BCUT2D eigenvalue weighted by atomic mass is 16.1. The fourth-order valence-electron chi connectivity index (χ4n) is 0.308. The molecule has 0 aromatic rings. The van der Waals surface area contributed by atoms with E-state index in [9.17, 15) is 4.79 Å². The van der Waals surface area contributed by atoms with Gasteiger partial charge in [-0.1, -0.05) is 26.8 Å². The Morgan fingerprint density at radius 2 is 2.00 bits per heavy atom. The average Bonchev–Trinajstić information content (AvgIpc) is 2.04. The zero-order valence-electron chi connectivity index (χ0n) is 7.27. The highest BCUT2D eigenvalue weighted by molar-refractivity contribution is 5.87. The van der Waals surface area contributed by atoms with Gasteiger partial charge in [0.2, 0.25) is 5.91 Å². The van der Waals surface area contributed by atoms with Crippen LogP contribution in [0.15, 0.2) is 12.2 Å². The molecule has 0 spiro atoms. The molecule has 0 saturated heterocycles. The number of nitrogens with one attached hydrogen (secondary N) is 1. The van der Waals surface area contributed by atoms with Crippen LogP contribution >= 0.6 is 0 Å². The normalized spacial score (nSPS) is 8.40. The zero-order chi connectivity index (χ0) is 8.41. The molecule has 0 aromatic heterocycles. The summed E-state index contributed by atoms with van der Waals surface area (Å²) in [7, 11) is 1.61. The van der Waals surface area contributed by atoms with Crippen molar-refractivity contribution in [2.75, 3.05) is 7.05 Å². The molecule has 0 aliphatic rings.